The van der Waals surface area contributed by atoms with Crippen molar-refractivity contribution < 1.29 is 14.3 Å². The van der Waals surface area contributed by atoms with Crippen molar-refractivity contribution in [3.8, 4) is 11.5 Å². The quantitative estimate of drug-likeness (QED) is 0.633. The summed E-state index contributed by atoms with van der Waals surface area (Å²) in [6, 6.07) is 14.2. The molecule has 4 nitrogen and oxygen atoms in total. The highest BCUT2D eigenvalue weighted by molar-refractivity contribution is 5.92. The minimum Gasteiger partial charge on any atom is -0.497 e. The maximum absolute atomic E-state index is 12.1. The summed E-state index contributed by atoms with van der Waals surface area (Å²) in [4.78, 5) is 14.0. The molecule has 0 aliphatic carbocycles. The highest BCUT2D eigenvalue weighted by Crippen LogP contribution is 2.19. The van der Waals surface area contributed by atoms with Crippen LogP contribution in [0.1, 0.15) is 10.4 Å². The average Bonchev–Trinajstić information content (AvgIpc) is 2.48. The number of ether oxygens (including phenoxy) is 2. The molecule has 0 heterocycles. The van der Waals surface area contributed by atoms with Crippen LogP contribution in [0.15, 0.2) is 48.5 Å². The predicted octanol–water partition coefficient (Wildman–Crippen LogP) is 2.98. The first kappa shape index (κ1) is 13.9. The van der Waals surface area contributed by atoms with Crippen molar-refractivity contribution in [2.75, 3.05) is 26.1 Å². The molecule has 4 heteroatoms. The summed E-state index contributed by atoms with van der Waals surface area (Å²) >= 11 is 0. The predicted molar refractivity (Wildman–Crippen MR) is 78.7 cm³/mol. The van der Waals surface area contributed by atoms with E-state index in [-0.39, 0.29) is 5.97 Å². The molecule has 2 rings (SSSR count). The fraction of sp³-hybridized carbons (Fsp3) is 0.188. The first-order valence-electron chi connectivity index (χ1n) is 6.24. The highest BCUT2D eigenvalue weighted by atomic mass is 16.5. The van der Waals surface area contributed by atoms with Crippen molar-refractivity contribution in [3.05, 3.63) is 54.1 Å². The van der Waals surface area contributed by atoms with Crippen molar-refractivity contribution in [1.29, 1.82) is 0 Å². The minimum absolute atomic E-state index is 0.376. The second-order valence-electron chi connectivity index (χ2n) is 4.51. The monoisotopic (exact) mass is 271 g/mol. The Bertz CT molecular complexity index is 591. The van der Waals surface area contributed by atoms with E-state index < -0.39 is 0 Å². The smallest absolute Gasteiger partial charge is 0.343 e. The number of carbonyl (C=O) groups excluding carboxylic acids is 1. The van der Waals surface area contributed by atoms with Gasteiger partial charge in [0.2, 0.25) is 0 Å². The molecule has 2 aromatic carbocycles. The normalized spacial score (nSPS) is 9.95. The summed E-state index contributed by atoms with van der Waals surface area (Å²) in [5, 5.41) is 0. The Balaban J connectivity index is 2.12. The minimum atomic E-state index is -0.376. The number of carbonyl (C=O) groups is 1. The highest BCUT2D eigenvalue weighted by Gasteiger charge is 2.09. The zero-order chi connectivity index (χ0) is 14.5. The summed E-state index contributed by atoms with van der Waals surface area (Å²) in [6.07, 6.45) is 0. The van der Waals surface area contributed by atoms with Crippen LogP contribution in [-0.4, -0.2) is 27.2 Å². The number of anilines is 1. The molecule has 0 unspecified atom stereocenters. The first-order chi connectivity index (χ1) is 9.60. The molecule has 2 aromatic rings. The molecule has 20 heavy (non-hydrogen) atoms. The van der Waals surface area contributed by atoms with Crippen molar-refractivity contribution in [3.63, 3.8) is 0 Å². The van der Waals surface area contributed by atoms with Crippen molar-refractivity contribution in [2.45, 2.75) is 0 Å². The molecule has 104 valence electrons. The lowest BCUT2D eigenvalue weighted by molar-refractivity contribution is 0.0734. The van der Waals surface area contributed by atoms with E-state index in [0.29, 0.717) is 11.3 Å². The molecular formula is C16H17NO3. The fourth-order valence-corrected chi connectivity index (χ4v) is 1.72. The number of nitrogens with zero attached hydrogens (tertiary/aromatic N) is 1. The van der Waals surface area contributed by atoms with Gasteiger partial charge in [-0.15, -0.1) is 0 Å². The fourth-order valence-electron chi connectivity index (χ4n) is 1.72. The molecule has 0 aliphatic rings. The van der Waals surface area contributed by atoms with Gasteiger partial charge in [0.1, 0.15) is 11.5 Å². The van der Waals surface area contributed by atoms with Crippen molar-refractivity contribution >= 4 is 11.7 Å². The number of methoxy groups -OCH3 is 1. The summed E-state index contributed by atoms with van der Waals surface area (Å²) in [7, 11) is 5.44. The first-order valence-corrected chi connectivity index (χ1v) is 6.24. The van der Waals surface area contributed by atoms with Gasteiger partial charge >= 0.3 is 5.97 Å². The molecule has 0 saturated heterocycles. The Labute approximate surface area is 118 Å². The Kier molecular flexibility index (Phi) is 4.25. The standard InChI is InChI=1S/C16H17NO3/c1-17(2)13-6-4-5-12(11-13)16(18)20-15-9-7-14(19-3)8-10-15/h4-11H,1-3H3. The molecular weight excluding hydrogens is 254 g/mol. The molecule has 0 N–H and O–H groups in total. The van der Waals surface area contributed by atoms with Crippen LogP contribution < -0.4 is 14.4 Å². The zero-order valence-electron chi connectivity index (χ0n) is 11.8. The van der Waals surface area contributed by atoms with Gasteiger partial charge in [-0.1, -0.05) is 6.07 Å². The van der Waals surface area contributed by atoms with E-state index in [1.165, 1.54) is 0 Å². The second kappa shape index (κ2) is 6.10. The van der Waals surface area contributed by atoms with Crippen LogP contribution in [0, 0.1) is 0 Å². The van der Waals surface area contributed by atoms with Gasteiger partial charge in [0.15, 0.2) is 0 Å². The van der Waals surface area contributed by atoms with Crippen molar-refractivity contribution in [1.82, 2.24) is 0 Å². The summed E-state index contributed by atoms with van der Waals surface area (Å²) < 4.78 is 10.4. The van der Waals surface area contributed by atoms with E-state index in [1.54, 1.807) is 43.5 Å². The van der Waals surface area contributed by atoms with E-state index in [4.69, 9.17) is 9.47 Å². The lowest BCUT2D eigenvalue weighted by atomic mass is 10.2. The van der Waals surface area contributed by atoms with Gasteiger partial charge in [0.05, 0.1) is 12.7 Å². The number of hydrogen-bond donors (Lipinski definition) is 0. The number of esters is 1. The van der Waals surface area contributed by atoms with Gasteiger partial charge in [-0.05, 0) is 42.5 Å². The molecule has 0 radical (unpaired) electrons. The third-order valence-corrected chi connectivity index (χ3v) is 2.87. The number of benzene rings is 2. The third kappa shape index (κ3) is 3.29. The van der Waals surface area contributed by atoms with Crippen molar-refractivity contribution in [2.24, 2.45) is 0 Å². The summed E-state index contributed by atoms with van der Waals surface area (Å²) in [5.41, 5.74) is 1.47. The Hall–Kier alpha value is -2.49. The molecule has 0 aromatic heterocycles. The van der Waals surface area contributed by atoms with Crippen LogP contribution in [0.4, 0.5) is 5.69 Å². The largest absolute Gasteiger partial charge is 0.497 e. The summed E-state index contributed by atoms with van der Waals surface area (Å²) in [5.74, 6) is 0.837. The lowest BCUT2D eigenvalue weighted by Gasteiger charge is -2.13. The zero-order valence-corrected chi connectivity index (χ0v) is 11.8. The summed E-state index contributed by atoms with van der Waals surface area (Å²) in [6.45, 7) is 0. The SMILES string of the molecule is COc1ccc(OC(=O)c2cccc(N(C)C)c2)cc1. The van der Waals surface area contributed by atoms with Gasteiger partial charge in [0, 0.05) is 19.8 Å². The van der Waals surface area contributed by atoms with Gasteiger partial charge in [0.25, 0.3) is 0 Å². The van der Waals surface area contributed by atoms with Crippen LogP contribution >= 0.6 is 0 Å². The molecule has 0 fully saturated rings. The Morgan fingerprint density at radius 2 is 1.65 bits per heavy atom. The van der Waals surface area contributed by atoms with Crippen LogP contribution in [0.5, 0.6) is 11.5 Å². The average molecular weight is 271 g/mol. The number of hydrogen-bond acceptors (Lipinski definition) is 4. The molecule has 0 saturated carbocycles. The molecule has 0 amide bonds. The molecule has 0 aliphatic heterocycles. The van der Waals surface area contributed by atoms with Crippen LogP contribution in [0.2, 0.25) is 0 Å². The van der Waals surface area contributed by atoms with E-state index in [2.05, 4.69) is 0 Å². The van der Waals surface area contributed by atoms with Gasteiger partial charge < -0.3 is 14.4 Å². The second-order valence-corrected chi connectivity index (χ2v) is 4.51. The van der Waals surface area contributed by atoms with Gasteiger partial charge in [-0.25, -0.2) is 4.79 Å². The number of rotatable bonds is 4. The van der Waals surface area contributed by atoms with E-state index in [1.807, 2.05) is 31.1 Å². The Morgan fingerprint density at radius 1 is 1.00 bits per heavy atom. The van der Waals surface area contributed by atoms with Crippen LogP contribution in [0.25, 0.3) is 0 Å². The van der Waals surface area contributed by atoms with Crippen LogP contribution in [-0.2, 0) is 0 Å². The Morgan fingerprint density at radius 3 is 2.25 bits per heavy atom. The molecule has 0 spiro atoms. The van der Waals surface area contributed by atoms with Crippen LogP contribution in [0.3, 0.4) is 0 Å². The van der Waals surface area contributed by atoms with Gasteiger partial charge in [-0.3, -0.25) is 0 Å². The maximum Gasteiger partial charge on any atom is 0.343 e. The van der Waals surface area contributed by atoms with E-state index in [0.717, 1.165) is 11.4 Å². The lowest BCUT2D eigenvalue weighted by Crippen LogP contribution is -2.12. The van der Waals surface area contributed by atoms with E-state index >= 15 is 0 Å². The van der Waals surface area contributed by atoms with E-state index in [9.17, 15) is 4.79 Å². The van der Waals surface area contributed by atoms with Gasteiger partial charge in [-0.2, -0.15) is 0 Å². The topological polar surface area (TPSA) is 38.8 Å². The third-order valence-electron chi connectivity index (χ3n) is 2.87. The maximum atomic E-state index is 12.1. The molecule has 0 atom stereocenters. The molecule has 0 bridgehead atoms.